The van der Waals surface area contributed by atoms with Crippen LogP contribution in [-0.4, -0.2) is 35.3 Å². The number of carbonyl (C=O) groups is 1. The van der Waals surface area contributed by atoms with E-state index in [9.17, 15) is 29.8 Å². The number of nitrogen functional groups attached to an aromatic ring is 1. The third-order valence-electron chi connectivity index (χ3n) is 6.62. The lowest BCUT2D eigenvalue weighted by Crippen LogP contribution is -2.30. The predicted octanol–water partition coefficient (Wildman–Crippen LogP) is 5.58. The maximum atomic E-state index is 11.8. The van der Waals surface area contributed by atoms with Crippen LogP contribution in [0.25, 0.3) is 50.4 Å². The molecule has 0 bridgehead atoms. The van der Waals surface area contributed by atoms with E-state index in [1.165, 1.54) is 30.3 Å². The number of aromatic nitrogens is 4. The average Bonchev–Trinajstić information content (AvgIpc) is 3.79. The molecule has 0 aliphatic heterocycles. The minimum Gasteiger partial charge on any atom is -0.454 e. The highest BCUT2D eigenvalue weighted by Gasteiger charge is 2.16. The first-order valence-corrected chi connectivity index (χ1v) is 12.9. The van der Waals surface area contributed by atoms with E-state index in [4.69, 9.17) is 26.9 Å². The molecule has 7 aromatic rings. The second-order valence-corrected chi connectivity index (χ2v) is 9.65. The number of non-ortho nitro benzene ring substituents is 2. The zero-order chi connectivity index (χ0) is 31.1. The fraction of sp³-hybridized carbons (Fsp3) is 0.0357. The lowest BCUT2D eigenvalue weighted by atomic mass is 10.1. The van der Waals surface area contributed by atoms with Crippen molar-refractivity contribution in [1.82, 2.24) is 25.0 Å². The number of amides is 1. The SMILES string of the molecule is C.NNC(=O)c1cc2oc(-c3ccc([N+](=O)[O-])cc3)cc2[nH]1.O=c1[nH][nH]c(=S)n2c1cc1oc(-c3ccc([N+](=O)[O-])cc3)cc12. The molecule has 0 saturated heterocycles. The number of nitrogens with zero attached hydrogens (tertiary/aromatic N) is 3. The molecule has 6 N–H and O–H groups in total. The van der Waals surface area contributed by atoms with Crippen LogP contribution >= 0.6 is 12.2 Å². The first-order chi connectivity index (χ1) is 21.1. The molecular formula is C28H22N8O8S. The summed E-state index contributed by atoms with van der Waals surface area (Å²) in [5.74, 6) is 5.69. The van der Waals surface area contributed by atoms with Gasteiger partial charge in [0.1, 0.15) is 22.7 Å². The van der Waals surface area contributed by atoms with E-state index in [1.807, 2.05) is 5.43 Å². The van der Waals surface area contributed by atoms with Gasteiger partial charge in [-0.1, -0.05) is 7.43 Å². The van der Waals surface area contributed by atoms with Gasteiger partial charge in [0.25, 0.3) is 22.8 Å². The molecule has 2 aromatic carbocycles. The Bertz CT molecular complexity index is 2310. The summed E-state index contributed by atoms with van der Waals surface area (Å²) in [4.78, 5) is 46.4. The Morgan fingerprint density at radius 2 is 1.38 bits per heavy atom. The molecule has 5 heterocycles. The number of nitrogens with one attached hydrogen (secondary N) is 4. The Morgan fingerprint density at radius 1 is 0.822 bits per heavy atom. The monoisotopic (exact) mass is 630 g/mol. The molecule has 0 radical (unpaired) electrons. The number of nitrogens with two attached hydrogens (primary N) is 1. The summed E-state index contributed by atoms with van der Waals surface area (Å²) in [6.07, 6.45) is 0. The molecular weight excluding hydrogens is 608 g/mol. The first kappa shape index (κ1) is 30.1. The van der Waals surface area contributed by atoms with Crippen molar-refractivity contribution in [2.45, 2.75) is 7.43 Å². The van der Waals surface area contributed by atoms with Crippen LogP contribution in [0.3, 0.4) is 0 Å². The Hall–Kier alpha value is -6.33. The number of H-pyrrole nitrogens is 3. The van der Waals surface area contributed by atoms with Crippen LogP contribution in [0.5, 0.6) is 0 Å². The first-order valence-electron chi connectivity index (χ1n) is 12.5. The minimum atomic E-state index is -0.464. The molecule has 0 aliphatic rings. The Balaban J connectivity index is 0.000000175. The van der Waals surface area contributed by atoms with Gasteiger partial charge in [-0.15, -0.1) is 0 Å². The molecule has 5 aromatic heterocycles. The third kappa shape index (κ3) is 5.58. The second-order valence-electron chi connectivity index (χ2n) is 9.26. The van der Waals surface area contributed by atoms with Crippen molar-refractivity contribution in [3.63, 3.8) is 0 Å². The summed E-state index contributed by atoms with van der Waals surface area (Å²) in [5.41, 5.74) is 6.12. The maximum Gasteiger partial charge on any atom is 0.286 e. The lowest BCUT2D eigenvalue weighted by molar-refractivity contribution is -0.385. The van der Waals surface area contributed by atoms with Gasteiger partial charge in [0, 0.05) is 59.7 Å². The highest BCUT2D eigenvalue weighted by atomic mass is 32.1. The van der Waals surface area contributed by atoms with E-state index in [0.29, 0.717) is 60.8 Å². The average molecular weight is 631 g/mol. The van der Waals surface area contributed by atoms with Crippen molar-refractivity contribution in [1.29, 1.82) is 0 Å². The molecule has 0 spiro atoms. The minimum absolute atomic E-state index is 0. The van der Waals surface area contributed by atoms with Crippen molar-refractivity contribution in [3.8, 4) is 22.6 Å². The van der Waals surface area contributed by atoms with Crippen LogP contribution < -0.4 is 16.8 Å². The number of nitro benzene ring substituents is 2. The molecule has 0 aliphatic carbocycles. The molecule has 17 heteroatoms. The van der Waals surface area contributed by atoms with E-state index < -0.39 is 15.8 Å². The van der Waals surface area contributed by atoms with Gasteiger partial charge >= 0.3 is 0 Å². The number of fused-ring (bicyclic) bond motifs is 4. The van der Waals surface area contributed by atoms with E-state index in [0.717, 1.165) is 0 Å². The number of furan rings is 2. The van der Waals surface area contributed by atoms with Gasteiger partial charge in [0.05, 0.1) is 20.9 Å². The maximum absolute atomic E-state index is 11.8. The number of hydrogen-bond acceptors (Lipinski definition) is 10. The van der Waals surface area contributed by atoms with Gasteiger partial charge in [0.15, 0.2) is 15.9 Å². The van der Waals surface area contributed by atoms with Crippen molar-refractivity contribution >= 4 is 57.2 Å². The van der Waals surface area contributed by atoms with E-state index >= 15 is 0 Å². The highest BCUT2D eigenvalue weighted by Crippen LogP contribution is 2.31. The smallest absolute Gasteiger partial charge is 0.286 e. The van der Waals surface area contributed by atoms with Gasteiger partial charge in [-0.2, -0.15) is 0 Å². The number of nitro groups is 2. The number of benzene rings is 2. The van der Waals surface area contributed by atoms with Gasteiger partial charge < -0.3 is 13.8 Å². The predicted molar refractivity (Wildman–Crippen MR) is 166 cm³/mol. The Labute approximate surface area is 255 Å². The molecule has 228 valence electrons. The molecule has 45 heavy (non-hydrogen) atoms. The summed E-state index contributed by atoms with van der Waals surface area (Å²) in [7, 11) is 0. The summed E-state index contributed by atoms with van der Waals surface area (Å²) in [6, 6.07) is 18.6. The Kier molecular flexibility index (Phi) is 7.87. The Morgan fingerprint density at radius 3 is 1.91 bits per heavy atom. The number of aromatic amines is 3. The topological polar surface area (TPSA) is 237 Å². The molecule has 0 saturated carbocycles. The van der Waals surface area contributed by atoms with Crippen molar-refractivity contribution in [3.05, 3.63) is 114 Å². The van der Waals surface area contributed by atoms with Gasteiger partial charge in [-0.3, -0.25) is 49.8 Å². The van der Waals surface area contributed by atoms with Crippen LogP contribution in [0.1, 0.15) is 17.9 Å². The standard InChI is InChI=1S/C14H8N4O4S.C13H10N4O4.CH4/c19-13-10-6-12-9(17(10)14(23)16-15-13)5-11(22-12)7-1-3-8(4-2-7)18(20)21;14-16-13(18)10-6-12-9(15-10)5-11(21-12)7-1-3-8(4-2-7)17(19)20;/h1-6H,(H,15,19)(H,16,23);1-6,15H,14H2,(H,16,18);1H4. The highest BCUT2D eigenvalue weighted by molar-refractivity contribution is 7.71. The lowest BCUT2D eigenvalue weighted by Gasteiger charge is -1.96. The molecule has 0 fully saturated rings. The van der Waals surface area contributed by atoms with E-state index in [2.05, 4.69) is 15.2 Å². The van der Waals surface area contributed by atoms with E-state index in [-0.39, 0.29) is 24.4 Å². The summed E-state index contributed by atoms with van der Waals surface area (Å²) < 4.78 is 13.3. The number of carbonyl (C=O) groups excluding carboxylic acids is 1. The summed E-state index contributed by atoms with van der Waals surface area (Å²) in [6.45, 7) is 0. The van der Waals surface area contributed by atoms with Crippen LogP contribution in [0, 0.1) is 25.0 Å². The fourth-order valence-electron chi connectivity index (χ4n) is 4.51. The van der Waals surface area contributed by atoms with Crippen molar-refractivity contribution in [2.75, 3.05) is 0 Å². The zero-order valence-corrected chi connectivity index (χ0v) is 22.8. The molecule has 1 amide bonds. The summed E-state index contributed by atoms with van der Waals surface area (Å²) >= 11 is 5.19. The second kappa shape index (κ2) is 11.7. The van der Waals surface area contributed by atoms with Gasteiger partial charge in [-0.05, 0) is 36.5 Å². The largest absolute Gasteiger partial charge is 0.454 e. The van der Waals surface area contributed by atoms with E-state index in [1.54, 1.807) is 46.9 Å². The van der Waals surface area contributed by atoms with Crippen molar-refractivity contribution in [2.24, 2.45) is 5.84 Å². The summed E-state index contributed by atoms with van der Waals surface area (Å²) in [5, 5.41) is 26.4. The van der Waals surface area contributed by atoms with Crippen LogP contribution in [0.2, 0.25) is 0 Å². The molecule has 16 nitrogen and oxygen atoms in total. The van der Waals surface area contributed by atoms with Crippen LogP contribution in [-0.2, 0) is 0 Å². The van der Waals surface area contributed by atoms with Gasteiger partial charge in [-0.25, -0.2) is 5.84 Å². The zero-order valence-electron chi connectivity index (χ0n) is 22.0. The molecule has 0 atom stereocenters. The normalized spacial score (nSPS) is 10.8. The van der Waals surface area contributed by atoms with Crippen LogP contribution in [0.15, 0.2) is 86.4 Å². The third-order valence-corrected chi connectivity index (χ3v) is 6.90. The number of rotatable bonds is 5. The van der Waals surface area contributed by atoms with Gasteiger partial charge in [0.2, 0.25) is 0 Å². The molecule has 0 unspecified atom stereocenters. The number of hydrazine groups is 1. The molecule has 7 rings (SSSR count). The quantitative estimate of drug-likeness (QED) is 0.0520. The van der Waals surface area contributed by atoms with Crippen molar-refractivity contribution < 1.29 is 23.5 Å². The fourth-order valence-corrected chi connectivity index (χ4v) is 4.76. The van der Waals surface area contributed by atoms with Crippen LogP contribution in [0.4, 0.5) is 11.4 Å². The number of hydrogen-bond donors (Lipinski definition) is 5.